The maximum absolute atomic E-state index is 6.06. The molecule has 0 radical (unpaired) electrons. The molecule has 1 atom stereocenters. The number of guanidine groups is 1. The third-order valence-electron chi connectivity index (χ3n) is 5.05. The summed E-state index contributed by atoms with van der Waals surface area (Å²) >= 11 is 0. The fourth-order valence-corrected chi connectivity index (χ4v) is 3.51. The van der Waals surface area contributed by atoms with Crippen molar-refractivity contribution >= 4 is 11.8 Å². The van der Waals surface area contributed by atoms with Gasteiger partial charge in [0.1, 0.15) is 11.9 Å². The SMILES string of the molecule is CCNC(=NCCCCNc1ccccn1)N1CCOC(c2ccccc2C)C1. The van der Waals surface area contributed by atoms with Crippen LogP contribution in [0.3, 0.4) is 0 Å². The molecule has 0 saturated carbocycles. The van der Waals surface area contributed by atoms with Crippen LogP contribution < -0.4 is 10.6 Å². The summed E-state index contributed by atoms with van der Waals surface area (Å²) in [5, 5.41) is 6.80. The van der Waals surface area contributed by atoms with Crippen LogP contribution in [0, 0.1) is 6.92 Å². The lowest BCUT2D eigenvalue weighted by Crippen LogP contribution is -2.48. The number of ether oxygens (including phenoxy) is 1. The molecule has 2 heterocycles. The zero-order valence-electron chi connectivity index (χ0n) is 17.6. The first-order valence-corrected chi connectivity index (χ1v) is 10.6. The summed E-state index contributed by atoms with van der Waals surface area (Å²) in [4.78, 5) is 11.5. The minimum Gasteiger partial charge on any atom is -0.370 e. The van der Waals surface area contributed by atoms with E-state index in [1.807, 2.05) is 24.4 Å². The van der Waals surface area contributed by atoms with Gasteiger partial charge in [0, 0.05) is 32.4 Å². The van der Waals surface area contributed by atoms with Gasteiger partial charge in [0.05, 0.1) is 13.2 Å². The van der Waals surface area contributed by atoms with E-state index in [1.54, 1.807) is 0 Å². The molecule has 6 heteroatoms. The monoisotopic (exact) mass is 395 g/mol. The Labute approximate surface area is 174 Å². The summed E-state index contributed by atoms with van der Waals surface area (Å²) in [6, 6.07) is 14.4. The molecule has 6 nitrogen and oxygen atoms in total. The van der Waals surface area contributed by atoms with Crippen LogP contribution >= 0.6 is 0 Å². The molecule has 0 bridgehead atoms. The van der Waals surface area contributed by atoms with Gasteiger partial charge in [0.25, 0.3) is 0 Å². The van der Waals surface area contributed by atoms with E-state index in [0.717, 1.165) is 63.9 Å². The van der Waals surface area contributed by atoms with Crippen LogP contribution in [0.1, 0.15) is 37.0 Å². The van der Waals surface area contributed by atoms with E-state index >= 15 is 0 Å². The number of aliphatic imine (C=N–C) groups is 1. The molecular formula is C23H33N5O. The quantitative estimate of drug-likeness (QED) is 0.406. The van der Waals surface area contributed by atoms with Gasteiger partial charge in [-0.05, 0) is 49.9 Å². The minimum absolute atomic E-state index is 0.0939. The number of aryl methyl sites for hydroxylation is 1. The van der Waals surface area contributed by atoms with Crippen molar-refractivity contribution in [3.63, 3.8) is 0 Å². The average Bonchev–Trinajstić information content (AvgIpc) is 2.76. The van der Waals surface area contributed by atoms with Gasteiger partial charge in [-0.15, -0.1) is 0 Å². The molecule has 1 aliphatic rings. The van der Waals surface area contributed by atoms with Gasteiger partial charge in [-0.1, -0.05) is 30.3 Å². The lowest BCUT2D eigenvalue weighted by atomic mass is 10.0. The van der Waals surface area contributed by atoms with Crippen molar-refractivity contribution < 1.29 is 4.74 Å². The second-order valence-electron chi connectivity index (χ2n) is 7.25. The topological polar surface area (TPSA) is 61.8 Å². The van der Waals surface area contributed by atoms with E-state index in [2.05, 4.69) is 58.6 Å². The normalized spacial score (nSPS) is 17.2. The molecular weight excluding hydrogens is 362 g/mol. The van der Waals surface area contributed by atoms with Crippen LogP contribution in [0.2, 0.25) is 0 Å². The Morgan fingerprint density at radius 1 is 1.21 bits per heavy atom. The van der Waals surface area contributed by atoms with Crippen molar-refractivity contribution in [1.29, 1.82) is 0 Å². The van der Waals surface area contributed by atoms with Crippen LogP contribution in [0.15, 0.2) is 53.7 Å². The van der Waals surface area contributed by atoms with Gasteiger partial charge in [0.15, 0.2) is 5.96 Å². The van der Waals surface area contributed by atoms with E-state index in [1.165, 1.54) is 11.1 Å². The second-order valence-corrected chi connectivity index (χ2v) is 7.25. The van der Waals surface area contributed by atoms with Crippen LogP contribution in [0.25, 0.3) is 0 Å². The molecule has 0 amide bonds. The molecule has 3 rings (SSSR count). The van der Waals surface area contributed by atoms with E-state index < -0.39 is 0 Å². The summed E-state index contributed by atoms with van der Waals surface area (Å²) in [5.74, 6) is 1.92. The Hall–Kier alpha value is -2.60. The number of hydrogen-bond donors (Lipinski definition) is 2. The fraction of sp³-hybridized carbons (Fsp3) is 0.478. The van der Waals surface area contributed by atoms with Gasteiger partial charge in [0.2, 0.25) is 0 Å². The lowest BCUT2D eigenvalue weighted by Gasteiger charge is -2.35. The van der Waals surface area contributed by atoms with Crippen molar-refractivity contribution in [1.82, 2.24) is 15.2 Å². The van der Waals surface area contributed by atoms with E-state index in [4.69, 9.17) is 9.73 Å². The average molecular weight is 396 g/mol. The first kappa shape index (κ1) is 21.1. The van der Waals surface area contributed by atoms with Gasteiger partial charge >= 0.3 is 0 Å². The predicted octanol–water partition coefficient (Wildman–Crippen LogP) is 3.62. The van der Waals surface area contributed by atoms with Crippen molar-refractivity contribution in [2.45, 2.75) is 32.8 Å². The van der Waals surface area contributed by atoms with Gasteiger partial charge in [-0.3, -0.25) is 4.99 Å². The first-order chi connectivity index (χ1) is 14.3. The Morgan fingerprint density at radius 2 is 2.07 bits per heavy atom. The van der Waals surface area contributed by atoms with Crippen LogP contribution in [0.4, 0.5) is 5.82 Å². The third-order valence-corrected chi connectivity index (χ3v) is 5.05. The van der Waals surface area contributed by atoms with E-state index in [0.29, 0.717) is 0 Å². The van der Waals surface area contributed by atoms with Crippen LogP contribution in [-0.4, -0.2) is 55.2 Å². The van der Waals surface area contributed by atoms with Crippen molar-refractivity contribution in [2.75, 3.05) is 44.6 Å². The highest BCUT2D eigenvalue weighted by Gasteiger charge is 2.25. The van der Waals surface area contributed by atoms with Crippen molar-refractivity contribution in [3.05, 3.63) is 59.8 Å². The summed E-state index contributed by atoms with van der Waals surface area (Å²) in [6.07, 6.45) is 4.01. The number of pyridine rings is 1. The minimum atomic E-state index is 0.0939. The highest BCUT2D eigenvalue weighted by Crippen LogP contribution is 2.25. The molecule has 2 N–H and O–H groups in total. The first-order valence-electron chi connectivity index (χ1n) is 10.6. The molecule has 2 aromatic rings. The summed E-state index contributed by atoms with van der Waals surface area (Å²) in [6.45, 7) is 9.29. The number of nitrogens with zero attached hydrogens (tertiary/aromatic N) is 3. The lowest BCUT2D eigenvalue weighted by molar-refractivity contribution is -0.00832. The third kappa shape index (κ3) is 6.46. The Kier molecular flexibility index (Phi) is 8.31. The highest BCUT2D eigenvalue weighted by molar-refractivity contribution is 5.80. The van der Waals surface area contributed by atoms with Crippen LogP contribution in [0.5, 0.6) is 0 Å². The molecule has 156 valence electrons. The fourth-order valence-electron chi connectivity index (χ4n) is 3.51. The van der Waals surface area contributed by atoms with Gasteiger partial charge in [-0.25, -0.2) is 4.98 Å². The number of nitrogens with one attached hydrogen (secondary N) is 2. The predicted molar refractivity (Wildman–Crippen MR) is 119 cm³/mol. The Morgan fingerprint density at radius 3 is 2.86 bits per heavy atom. The van der Waals surface area contributed by atoms with Gasteiger partial charge < -0.3 is 20.3 Å². The molecule has 1 aliphatic heterocycles. The number of benzene rings is 1. The number of rotatable bonds is 8. The molecule has 1 aromatic heterocycles. The standard InChI is InChI=1S/C23H33N5O/c1-3-24-23(27-15-9-8-14-26-22-12-6-7-13-25-22)28-16-17-29-21(18-28)20-11-5-4-10-19(20)2/h4-7,10-13,21H,3,8-9,14-18H2,1-2H3,(H,24,27)(H,25,26). The summed E-state index contributed by atoms with van der Waals surface area (Å²) in [5.41, 5.74) is 2.55. The molecule has 0 aliphatic carbocycles. The number of morpholine rings is 1. The molecule has 1 fully saturated rings. The summed E-state index contributed by atoms with van der Waals surface area (Å²) < 4.78 is 6.06. The zero-order chi connectivity index (χ0) is 20.3. The molecule has 29 heavy (non-hydrogen) atoms. The number of unbranched alkanes of at least 4 members (excludes halogenated alkanes) is 1. The molecule has 1 unspecified atom stereocenters. The smallest absolute Gasteiger partial charge is 0.194 e. The van der Waals surface area contributed by atoms with Crippen LogP contribution in [-0.2, 0) is 4.74 Å². The van der Waals surface area contributed by atoms with Crippen molar-refractivity contribution in [3.8, 4) is 0 Å². The highest BCUT2D eigenvalue weighted by atomic mass is 16.5. The maximum atomic E-state index is 6.06. The van der Waals surface area contributed by atoms with Gasteiger partial charge in [-0.2, -0.15) is 0 Å². The molecule has 1 aromatic carbocycles. The molecule has 1 saturated heterocycles. The largest absolute Gasteiger partial charge is 0.370 e. The van der Waals surface area contributed by atoms with E-state index in [9.17, 15) is 0 Å². The molecule has 0 spiro atoms. The van der Waals surface area contributed by atoms with E-state index in [-0.39, 0.29) is 6.10 Å². The number of anilines is 1. The summed E-state index contributed by atoms with van der Waals surface area (Å²) in [7, 11) is 0. The maximum Gasteiger partial charge on any atom is 0.194 e. The zero-order valence-corrected chi connectivity index (χ0v) is 17.6. The second kappa shape index (κ2) is 11.4. The van der Waals surface area contributed by atoms with Crippen molar-refractivity contribution in [2.24, 2.45) is 4.99 Å². The Balaban J connectivity index is 1.49. The Bertz CT molecular complexity index is 765. The number of hydrogen-bond acceptors (Lipinski definition) is 4. The number of aromatic nitrogens is 1.